The second-order valence-corrected chi connectivity index (χ2v) is 14.6. The van der Waals surface area contributed by atoms with E-state index in [1.54, 1.807) is 0 Å². The first-order valence-electron chi connectivity index (χ1n) is 19.7. The highest BCUT2D eigenvalue weighted by atomic mass is 16.1. The Morgan fingerprint density at radius 1 is 0.233 bits per heavy atom. The molecule has 8 aromatic rings. The molecule has 10 rings (SSSR count). The lowest BCUT2D eigenvalue weighted by Gasteiger charge is -2.15. The Morgan fingerprint density at radius 3 is 0.600 bits per heavy atom. The van der Waals surface area contributed by atoms with E-state index in [-0.39, 0.29) is 0 Å². The SMILES string of the molecule is O=Cc1ccc(C(=C2c3ccccc3-c3ccccc32)c2ccc(C=O)cc2)cc1.O=Cc1ccc(C(=C2c3ccccc3-c3ccccc32)c2ccc(C=O)cc2)cc1. The minimum Gasteiger partial charge on any atom is -0.298 e. The number of aldehydes is 4. The maximum Gasteiger partial charge on any atom is 0.150 e. The molecule has 2 aliphatic rings. The summed E-state index contributed by atoms with van der Waals surface area (Å²) in [5.74, 6) is 0. The van der Waals surface area contributed by atoms with Crippen LogP contribution in [-0.2, 0) is 0 Å². The van der Waals surface area contributed by atoms with Gasteiger partial charge in [0.15, 0.2) is 0 Å². The lowest BCUT2D eigenvalue weighted by molar-refractivity contribution is 0.111. The molecule has 8 aromatic carbocycles. The van der Waals surface area contributed by atoms with Crippen LogP contribution < -0.4 is 0 Å². The predicted octanol–water partition coefficient (Wildman–Crippen LogP) is 12.6. The van der Waals surface area contributed by atoms with Gasteiger partial charge in [-0.3, -0.25) is 19.2 Å². The summed E-state index contributed by atoms with van der Waals surface area (Å²) < 4.78 is 0. The second kappa shape index (κ2) is 16.4. The fraction of sp³-hybridized carbons (Fsp3) is 0. The van der Waals surface area contributed by atoms with Crippen molar-refractivity contribution in [3.8, 4) is 22.3 Å². The van der Waals surface area contributed by atoms with Crippen LogP contribution in [0.1, 0.15) is 85.9 Å². The van der Waals surface area contributed by atoms with Gasteiger partial charge in [0.2, 0.25) is 0 Å². The summed E-state index contributed by atoms with van der Waals surface area (Å²) in [7, 11) is 0. The quantitative estimate of drug-likeness (QED) is 0.144. The van der Waals surface area contributed by atoms with Gasteiger partial charge in [-0.05, 0) is 89.1 Å². The van der Waals surface area contributed by atoms with Gasteiger partial charge in [0.25, 0.3) is 0 Å². The summed E-state index contributed by atoms with van der Waals surface area (Å²) in [6, 6.07) is 64.4. The molecule has 0 fully saturated rings. The maximum absolute atomic E-state index is 11.2. The van der Waals surface area contributed by atoms with E-state index in [1.165, 1.54) is 55.7 Å². The molecular formula is C56H36O4. The zero-order chi connectivity index (χ0) is 41.0. The van der Waals surface area contributed by atoms with Crippen molar-refractivity contribution in [2.75, 3.05) is 0 Å². The van der Waals surface area contributed by atoms with Crippen molar-refractivity contribution >= 4 is 47.4 Å². The highest BCUT2D eigenvalue weighted by molar-refractivity contribution is 6.15. The van der Waals surface area contributed by atoms with Gasteiger partial charge < -0.3 is 0 Å². The van der Waals surface area contributed by atoms with Crippen molar-refractivity contribution in [3.63, 3.8) is 0 Å². The minimum atomic E-state index is 0.645. The smallest absolute Gasteiger partial charge is 0.150 e. The number of carbonyl (C=O) groups excluding carboxylic acids is 4. The third-order valence-corrected chi connectivity index (χ3v) is 11.2. The molecular weight excluding hydrogens is 737 g/mol. The molecule has 0 N–H and O–H groups in total. The van der Waals surface area contributed by atoms with Crippen molar-refractivity contribution in [2.24, 2.45) is 0 Å². The topological polar surface area (TPSA) is 68.3 Å². The molecule has 0 atom stereocenters. The monoisotopic (exact) mass is 772 g/mol. The Bertz CT molecular complexity index is 2590. The van der Waals surface area contributed by atoms with Gasteiger partial charge in [0, 0.05) is 22.3 Å². The van der Waals surface area contributed by atoms with E-state index in [2.05, 4.69) is 97.1 Å². The van der Waals surface area contributed by atoms with E-state index < -0.39 is 0 Å². The average Bonchev–Trinajstić information content (AvgIpc) is 3.83. The first-order chi connectivity index (χ1) is 29.6. The highest BCUT2D eigenvalue weighted by Crippen LogP contribution is 2.50. The maximum atomic E-state index is 11.2. The Hall–Kier alpha value is -8.08. The van der Waals surface area contributed by atoms with E-state index in [1.807, 2.05) is 97.1 Å². The number of fused-ring (bicyclic) bond motifs is 6. The van der Waals surface area contributed by atoms with Crippen LogP contribution >= 0.6 is 0 Å². The first-order valence-corrected chi connectivity index (χ1v) is 19.7. The fourth-order valence-electron chi connectivity index (χ4n) is 8.40. The van der Waals surface area contributed by atoms with Crippen molar-refractivity contribution in [3.05, 3.63) is 261 Å². The van der Waals surface area contributed by atoms with Crippen molar-refractivity contribution < 1.29 is 19.2 Å². The van der Waals surface area contributed by atoms with Crippen molar-refractivity contribution in [1.29, 1.82) is 0 Å². The molecule has 4 nitrogen and oxygen atoms in total. The van der Waals surface area contributed by atoms with Gasteiger partial charge in [-0.25, -0.2) is 0 Å². The number of hydrogen-bond donors (Lipinski definition) is 0. The Morgan fingerprint density at radius 2 is 0.417 bits per heavy atom. The lowest BCUT2D eigenvalue weighted by Crippen LogP contribution is -1.96. The molecule has 0 heterocycles. The van der Waals surface area contributed by atoms with Crippen LogP contribution in [0.3, 0.4) is 0 Å². The second-order valence-electron chi connectivity index (χ2n) is 14.6. The number of carbonyl (C=O) groups is 4. The number of hydrogen-bond acceptors (Lipinski definition) is 4. The van der Waals surface area contributed by atoms with Crippen LogP contribution in [0.4, 0.5) is 0 Å². The van der Waals surface area contributed by atoms with Crippen LogP contribution in [-0.4, -0.2) is 25.1 Å². The van der Waals surface area contributed by atoms with Crippen LogP contribution in [0.15, 0.2) is 194 Å². The third kappa shape index (κ3) is 6.86. The molecule has 0 bridgehead atoms. The van der Waals surface area contributed by atoms with E-state index in [4.69, 9.17) is 0 Å². The normalized spacial score (nSPS) is 11.5. The molecule has 0 unspecified atom stereocenters. The van der Waals surface area contributed by atoms with Crippen LogP contribution in [0.25, 0.3) is 44.5 Å². The van der Waals surface area contributed by atoms with E-state index in [0.717, 1.165) is 58.5 Å². The third-order valence-electron chi connectivity index (χ3n) is 11.2. The summed E-state index contributed by atoms with van der Waals surface area (Å²) in [5, 5.41) is 0. The molecule has 4 heteroatoms. The molecule has 0 saturated carbocycles. The van der Waals surface area contributed by atoms with Crippen molar-refractivity contribution in [2.45, 2.75) is 0 Å². The molecule has 0 radical (unpaired) electrons. The molecule has 0 aliphatic heterocycles. The van der Waals surface area contributed by atoms with Crippen LogP contribution in [0.5, 0.6) is 0 Å². The highest BCUT2D eigenvalue weighted by Gasteiger charge is 2.28. The van der Waals surface area contributed by atoms with Gasteiger partial charge in [-0.1, -0.05) is 194 Å². The standard InChI is InChI=1S/2C28H18O2/c2*29-17-19-9-13-21(14-10-19)27(22-15-11-20(18-30)12-16-22)28-25-7-3-1-5-23(25)24-6-2-4-8-26(24)28/h2*1-18H. The molecule has 0 aromatic heterocycles. The van der Waals surface area contributed by atoms with Gasteiger partial charge in [-0.15, -0.1) is 0 Å². The average molecular weight is 773 g/mol. The zero-order valence-electron chi connectivity index (χ0n) is 32.4. The van der Waals surface area contributed by atoms with E-state index in [0.29, 0.717) is 22.3 Å². The van der Waals surface area contributed by atoms with E-state index >= 15 is 0 Å². The fourth-order valence-corrected chi connectivity index (χ4v) is 8.40. The number of benzene rings is 8. The minimum absolute atomic E-state index is 0.645. The molecule has 284 valence electrons. The Kier molecular flexibility index (Phi) is 10.3. The molecule has 0 spiro atoms. The van der Waals surface area contributed by atoms with Crippen LogP contribution in [0.2, 0.25) is 0 Å². The van der Waals surface area contributed by atoms with Gasteiger partial charge in [0.1, 0.15) is 25.1 Å². The van der Waals surface area contributed by atoms with E-state index in [9.17, 15) is 19.2 Å². The van der Waals surface area contributed by atoms with Crippen molar-refractivity contribution in [1.82, 2.24) is 0 Å². The lowest BCUT2D eigenvalue weighted by atomic mass is 9.88. The summed E-state index contributed by atoms with van der Waals surface area (Å²) in [6.45, 7) is 0. The molecule has 2 aliphatic carbocycles. The molecule has 60 heavy (non-hydrogen) atoms. The van der Waals surface area contributed by atoms with Gasteiger partial charge in [-0.2, -0.15) is 0 Å². The van der Waals surface area contributed by atoms with Crippen LogP contribution in [0, 0.1) is 0 Å². The first kappa shape index (κ1) is 37.5. The Labute approximate surface area is 348 Å². The summed E-state index contributed by atoms with van der Waals surface area (Å²) in [5.41, 5.74) is 20.8. The molecule has 0 amide bonds. The predicted molar refractivity (Wildman–Crippen MR) is 241 cm³/mol. The summed E-state index contributed by atoms with van der Waals surface area (Å²) in [4.78, 5) is 44.7. The summed E-state index contributed by atoms with van der Waals surface area (Å²) >= 11 is 0. The Balaban J connectivity index is 0.000000154. The van der Waals surface area contributed by atoms with Gasteiger partial charge >= 0.3 is 0 Å². The summed E-state index contributed by atoms with van der Waals surface area (Å²) in [6.07, 6.45) is 3.43. The number of rotatable bonds is 8. The van der Waals surface area contributed by atoms with Gasteiger partial charge in [0.05, 0.1) is 0 Å². The largest absolute Gasteiger partial charge is 0.298 e. The molecule has 0 saturated heterocycles. The zero-order valence-corrected chi connectivity index (χ0v) is 32.4.